The average molecular weight is 182 g/mol. The molecule has 3 N–H and O–H groups in total. The maximum atomic E-state index is 4.25. The first-order valence-corrected chi connectivity index (χ1v) is 5.21. The van der Waals surface area contributed by atoms with Crippen LogP contribution in [0.5, 0.6) is 0 Å². The molecule has 0 unspecified atom stereocenters. The summed E-state index contributed by atoms with van der Waals surface area (Å²) in [5.74, 6) is 0.978. The van der Waals surface area contributed by atoms with Crippen LogP contribution >= 0.6 is 0 Å². The van der Waals surface area contributed by atoms with Crippen LogP contribution in [0.25, 0.3) is 0 Å². The highest BCUT2D eigenvalue weighted by atomic mass is 15.2. The van der Waals surface area contributed by atoms with Crippen LogP contribution in [0, 0.1) is 0 Å². The second kappa shape index (κ2) is 4.46. The molecule has 1 aliphatic carbocycles. The fourth-order valence-electron chi connectivity index (χ4n) is 1.41. The number of aliphatic imine (C=N–C) groups is 1. The Morgan fingerprint density at radius 2 is 2.31 bits per heavy atom. The Hall–Kier alpha value is -0.770. The van der Waals surface area contributed by atoms with Crippen molar-refractivity contribution in [2.24, 2.45) is 4.99 Å². The first kappa shape index (κ1) is 8.81. The van der Waals surface area contributed by atoms with Gasteiger partial charge >= 0.3 is 0 Å². The van der Waals surface area contributed by atoms with Gasteiger partial charge in [-0.05, 0) is 25.8 Å². The van der Waals surface area contributed by atoms with Crippen molar-refractivity contribution in [2.75, 3.05) is 26.2 Å². The molecular weight excluding hydrogens is 164 g/mol. The van der Waals surface area contributed by atoms with E-state index in [0.717, 1.165) is 38.2 Å². The smallest absolute Gasteiger partial charge is 0.191 e. The molecule has 0 aromatic rings. The maximum Gasteiger partial charge on any atom is 0.191 e. The van der Waals surface area contributed by atoms with Gasteiger partial charge in [-0.15, -0.1) is 0 Å². The van der Waals surface area contributed by atoms with Crippen LogP contribution in [0.4, 0.5) is 0 Å². The molecule has 2 rings (SSSR count). The Morgan fingerprint density at radius 1 is 1.38 bits per heavy atom. The molecule has 1 fully saturated rings. The van der Waals surface area contributed by atoms with E-state index in [-0.39, 0.29) is 0 Å². The first-order valence-electron chi connectivity index (χ1n) is 5.21. The van der Waals surface area contributed by atoms with Gasteiger partial charge in [-0.25, -0.2) is 0 Å². The molecule has 0 bridgehead atoms. The summed E-state index contributed by atoms with van der Waals surface area (Å²) in [7, 11) is 0. The van der Waals surface area contributed by atoms with Crippen molar-refractivity contribution in [3.8, 4) is 0 Å². The van der Waals surface area contributed by atoms with Gasteiger partial charge in [0.2, 0.25) is 0 Å². The number of hydrogen-bond acceptors (Lipinski definition) is 4. The summed E-state index contributed by atoms with van der Waals surface area (Å²) in [6.07, 6.45) is 3.93. The van der Waals surface area contributed by atoms with Gasteiger partial charge in [-0.2, -0.15) is 0 Å². The fraction of sp³-hybridized carbons (Fsp3) is 0.889. The minimum Gasteiger partial charge on any atom is -0.356 e. The number of guanidine groups is 1. The molecule has 0 spiro atoms. The van der Waals surface area contributed by atoms with Crippen LogP contribution in [0.2, 0.25) is 0 Å². The molecule has 1 aliphatic heterocycles. The lowest BCUT2D eigenvalue weighted by Crippen LogP contribution is -2.35. The van der Waals surface area contributed by atoms with Crippen LogP contribution in [0.15, 0.2) is 4.99 Å². The van der Waals surface area contributed by atoms with Crippen LogP contribution in [0.1, 0.15) is 19.3 Å². The molecule has 4 heteroatoms. The summed E-state index contributed by atoms with van der Waals surface area (Å²) in [6, 6.07) is 0.835. The molecule has 74 valence electrons. The minimum absolute atomic E-state index is 0.835. The molecule has 0 aromatic heterocycles. The van der Waals surface area contributed by atoms with Crippen molar-refractivity contribution in [1.29, 1.82) is 0 Å². The summed E-state index contributed by atoms with van der Waals surface area (Å²) >= 11 is 0. The van der Waals surface area contributed by atoms with Gasteiger partial charge in [0.15, 0.2) is 5.96 Å². The van der Waals surface area contributed by atoms with Crippen LogP contribution in [-0.2, 0) is 0 Å². The van der Waals surface area contributed by atoms with Gasteiger partial charge in [0.05, 0.1) is 6.54 Å². The van der Waals surface area contributed by atoms with Gasteiger partial charge in [0.1, 0.15) is 0 Å². The molecular formula is C9H18N4. The lowest BCUT2D eigenvalue weighted by molar-refractivity contribution is 0.634. The Kier molecular flexibility index (Phi) is 3.02. The molecule has 1 saturated carbocycles. The highest BCUT2D eigenvalue weighted by molar-refractivity contribution is 5.81. The van der Waals surface area contributed by atoms with Gasteiger partial charge in [-0.1, -0.05) is 0 Å². The van der Waals surface area contributed by atoms with Crippen LogP contribution < -0.4 is 16.0 Å². The van der Waals surface area contributed by atoms with E-state index in [2.05, 4.69) is 20.9 Å². The lowest BCUT2D eigenvalue weighted by atomic mass is 10.4. The summed E-state index contributed by atoms with van der Waals surface area (Å²) in [5.41, 5.74) is 0. The zero-order valence-corrected chi connectivity index (χ0v) is 7.97. The van der Waals surface area contributed by atoms with Crippen molar-refractivity contribution in [3.05, 3.63) is 0 Å². The summed E-state index contributed by atoms with van der Waals surface area (Å²) in [6.45, 7) is 4.06. The van der Waals surface area contributed by atoms with Crippen LogP contribution in [0.3, 0.4) is 0 Å². The van der Waals surface area contributed by atoms with E-state index >= 15 is 0 Å². The zero-order chi connectivity index (χ0) is 8.93. The van der Waals surface area contributed by atoms with Gasteiger partial charge in [0, 0.05) is 19.1 Å². The summed E-state index contributed by atoms with van der Waals surface area (Å²) < 4.78 is 0. The number of nitrogens with zero attached hydrogens (tertiary/aromatic N) is 1. The predicted octanol–water partition coefficient (Wildman–Crippen LogP) is -0.323. The maximum absolute atomic E-state index is 4.25. The highest BCUT2D eigenvalue weighted by Gasteiger charge is 2.19. The molecule has 0 amide bonds. The first-order chi connectivity index (χ1) is 6.45. The molecule has 13 heavy (non-hydrogen) atoms. The minimum atomic E-state index is 0.835. The predicted molar refractivity (Wildman–Crippen MR) is 53.9 cm³/mol. The third-order valence-corrected chi connectivity index (χ3v) is 2.33. The van der Waals surface area contributed by atoms with E-state index in [1.165, 1.54) is 19.3 Å². The van der Waals surface area contributed by atoms with Crippen molar-refractivity contribution in [2.45, 2.75) is 25.3 Å². The van der Waals surface area contributed by atoms with Crippen molar-refractivity contribution < 1.29 is 0 Å². The summed E-state index contributed by atoms with van der Waals surface area (Å²) in [4.78, 5) is 4.25. The Bertz CT molecular complexity index is 186. The number of hydrogen-bond donors (Lipinski definition) is 3. The Morgan fingerprint density at radius 3 is 3.00 bits per heavy atom. The molecule has 1 heterocycles. The van der Waals surface area contributed by atoms with E-state index in [4.69, 9.17) is 0 Å². The second-order valence-corrected chi connectivity index (χ2v) is 3.67. The Labute approximate surface area is 79.2 Å². The molecule has 0 aromatic carbocycles. The van der Waals surface area contributed by atoms with E-state index in [9.17, 15) is 0 Å². The quantitative estimate of drug-likeness (QED) is 0.511. The normalized spacial score (nSPS) is 21.1. The third kappa shape index (κ3) is 3.22. The molecule has 0 atom stereocenters. The van der Waals surface area contributed by atoms with Crippen LogP contribution in [-0.4, -0.2) is 38.2 Å². The highest BCUT2D eigenvalue weighted by Crippen LogP contribution is 2.18. The van der Waals surface area contributed by atoms with Crippen molar-refractivity contribution >= 4 is 5.96 Å². The van der Waals surface area contributed by atoms with Gasteiger partial charge in [0.25, 0.3) is 0 Å². The van der Waals surface area contributed by atoms with E-state index in [0.29, 0.717) is 0 Å². The second-order valence-electron chi connectivity index (χ2n) is 3.67. The molecule has 0 radical (unpaired) electrons. The number of nitrogens with one attached hydrogen (secondary N) is 3. The molecule has 4 nitrogen and oxygen atoms in total. The van der Waals surface area contributed by atoms with Crippen molar-refractivity contribution in [3.63, 3.8) is 0 Å². The third-order valence-electron chi connectivity index (χ3n) is 2.33. The Balaban J connectivity index is 1.43. The topological polar surface area (TPSA) is 48.5 Å². The zero-order valence-electron chi connectivity index (χ0n) is 7.97. The molecule has 0 saturated heterocycles. The fourth-order valence-corrected chi connectivity index (χ4v) is 1.41. The van der Waals surface area contributed by atoms with E-state index in [1.807, 2.05) is 0 Å². The molecule has 2 aliphatic rings. The van der Waals surface area contributed by atoms with Crippen molar-refractivity contribution in [1.82, 2.24) is 16.0 Å². The van der Waals surface area contributed by atoms with E-state index < -0.39 is 0 Å². The van der Waals surface area contributed by atoms with Gasteiger partial charge in [-0.3, -0.25) is 4.99 Å². The monoisotopic (exact) mass is 182 g/mol. The largest absolute Gasteiger partial charge is 0.356 e. The SMILES string of the molecule is C(CNC1=NCCN1)CNC1CC1. The van der Waals surface area contributed by atoms with E-state index in [1.54, 1.807) is 0 Å². The summed E-state index contributed by atoms with van der Waals surface area (Å²) in [5, 5.41) is 9.94. The lowest BCUT2D eigenvalue weighted by Gasteiger charge is -2.06. The average Bonchev–Trinajstić information content (AvgIpc) is 2.81. The van der Waals surface area contributed by atoms with Gasteiger partial charge < -0.3 is 16.0 Å². The standard InChI is InChI=1S/C9H18N4/c1(4-10-8-2-3-8)5-11-9-12-6-7-13-9/h8,10H,1-7H2,(H2,11,12,13). The number of rotatable bonds is 5.